The lowest BCUT2D eigenvalue weighted by Crippen LogP contribution is -1.76. The highest BCUT2D eigenvalue weighted by molar-refractivity contribution is 5.87. The third-order valence-corrected chi connectivity index (χ3v) is 1.34. The molecule has 0 spiro atoms. The summed E-state index contributed by atoms with van der Waals surface area (Å²) in [6, 6.07) is 9.76. The summed E-state index contributed by atoms with van der Waals surface area (Å²) in [6.07, 6.45) is 3.20. The number of benzene rings is 1. The van der Waals surface area contributed by atoms with Crippen LogP contribution in [0.3, 0.4) is 0 Å². The maximum atomic E-state index is 10.5. The van der Waals surface area contributed by atoms with Gasteiger partial charge in [-0.05, 0) is 18.6 Å². The molecule has 0 saturated heterocycles. The van der Waals surface area contributed by atoms with Gasteiger partial charge in [-0.15, -0.1) is 5.73 Å². The van der Waals surface area contributed by atoms with Crippen LogP contribution in [0.1, 0.15) is 26.3 Å². The van der Waals surface area contributed by atoms with Gasteiger partial charge in [-0.25, -0.2) is 0 Å². The van der Waals surface area contributed by atoms with Gasteiger partial charge in [0.15, 0.2) is 5.78 Å². The third-order valence-electron chi connectivity index (χ3n) is 1.34. The predicted molar refractivity (Wildman–Crippen MR) is 61.0 cm³/mol. The molecule has 1 aromatic rings. The van der Waals surface area contributed by atoms with Gasteiger partial charge in [0.05, 0.1) is 0 Å². The molecule has 0 bridgehead atoms. The van der Waals surface area contributed by atoms with E-state index < -0.39 is 0 Å². The minimum Gasteiger partial charge on any atom is -0.294 e. The molecule has 1 nitrogen and oxygen atoms in total. The Labute approximate surface area is 85.8 Å². The van der Waals surface area contributed by atoms with Crippen LogP contribution in [0.2, 0.25) is 0 Å². The monoisotopic (exact) mass is 188 g/mol. The maximum Gasteiger partial charge on any atom is 0.160 e. The van der Waals surface area contributed by atoms with Gasteiger partial charge in [-0.2, -0.15) is 0 Å². The molecule has 1 rings (SSSR count). The standard InChI is InChI=1S/C11H10O.C2H6/c1-10(12)6-5-9-11-7-3-2-4-8-11;1-2/h2-4,6-9H,1H3;1-2H3. The molecule has 14 heavy (non-hydrogen) atoms. The van der Waals surface area contributed by atoms with Crippen LogP contribution in [-0.4, -0.2) is 5.78 Å². The van der Waals surface area contributed by atoms with Crippen LogP contribution >= 0.6 is 0 Å². The SMILES string of the molecule is CC.CC(=O)C=C=Cc1ccccc1. The fraction of sp³-hybridized carbons (Fsp3) is 0.231. The van der Waals surface area contributed by atoms with Crippen molar-refractivity contribution >= 4 is 11.9 Å². The molecule has 0 amide bonds. The van der Waals surface area contributed by atoms with Crippen molar-refractivity contribution in [1.82, 2.24) is 0 Å². The highest BCUT2D eigenvalue weighted by Gasteiger charge is 1.80. The Hall–Kier alpha value is -1.59. The summed E-state index contributed by atoms with van der Waals surface area (Å²) in [5.74, 6) is 0.0159. The summed E-state index contributed by atoms with van der Waals surface area (Å²) in [7, 11) is 0. The van der Waals surface area contributed by atoms with Crippen LogP contribution in [0.4, 0.5) is 0 Å². The molecule has 0 aliphatic rings. The molecule has 0 fully saturated rings. The number of allylic oxidation sites excluding steroid dienone is 1. The lowest BCUT2D eigenvalue weighted by atomic mass is 10.2. The zero-order valence-corrected chi connectivity index (χ0v) is 8.95. The fourth-order valence-corrected chi connectivity index (χ4v) is 0.805. The van der Waals surface area contributed by atoms with Crippen molar-refractivity contribution in [1.29, 1.82) is 0 Å². The van der Waals surface area contributed by atoms with Crippen LogP contribution in [-0.2, 0) is 4.79 Å². The first-order valence-electron chi connectivity index (χ1n) is 4.77. The second kappa shape index (κ2) is 8.03. The van der Waals surface area contributed by atoms with Gasteiger partial charge in [0.1, 0.15) is 0 Å². The highest BCUT2D eigenvalue weighted by atomic mass is 16.1. The minimum atomic E-state index is 0.0159. The summed E-state index contributed by atoms with van der Waals surface area (Å²) in [6.45, 7) is 5.51. The molecule has 0 aliphatic heterocycles. The second-order valence-corrected chi connectivity index (χ2v) is 2.48. The molecule has 0 radical (unpaired) electrons. The van der Waals surface area contributed by atoms with Crippen LogP contribution in [0.25, 0.3) is 6.08 Å². The van der Waals surface area contributed by atoms with Crippen LogP contribution < -0.4 is 0 Å². The Bertz CT molecular complexity index is 316. The zero-order chi connectivity index (χ0) is 10.8. The molecule has 0 heterocycles. The average Bonchev–Trinajstić information content (AvgIpc) is 2.22. The molecule has 1 aromatic carbocycles. The van der Waals surface area contributed by atoms with E-state index in [9.17, 15) is 4.79 Å². The van der Waals surface area contributed by atoms with Crippen molar-refractivity contribution in [3.8, 4) is 0 Å². The summed E-state index contributed by atoms with van der Waals surface area (Å²) in [5, 5.41) is 0. The molecule has 1 heteroatoms. The Balaban J connectivity index is 0.000000791. The zero-order valence-electron chi connectivity index (χ0n) is 8.95. The van der Waals surface area contributed by atoms with Gasteiger partial charge in [0, 0.05) is 6.08 Å². The Kier molecular flexibility index (Phi) is 7.12. The summed E-state index contributed by atoms with van der Waals surface area (Å²) in [5.41, 5.74) is 3.85. The van der Waals surface area contributed by atoms with Crippen molar-refractivity contribution < 1.29 is 4.79 Å². The topological polar surface area (TPSA) is 17.1 Å². The van der Waals surface area contributed by atoms with E-state index in [0.717, 1.165) is 5.56 Å². The Morgan fingerprint density at radius 1 is 1.21 bits per heavy atom. The van der Waals surface area contributed by atoms with E-state index >= 15 is 0 Å². The van der Waals surface area contributed by atoms with Crippen molar-refractivity contribution in [3.05, 3.63) is 47.7 Å². The molecular formula is C13H16O. The van der Waals surface area contributed by atoms with Crippen molar-refractivity contribution in [2.75, 3.05) is 0 Å². The van der Waals surface area contributed by atoms with Gasteiger partial charge >= 0.3 is 0 Å². The minimum absolute atomic E-state index is 0.0159. The van der Waals surface area contributed by atoms with E-state index in [1.165, 1.54) is 13.0 Å². The van der Waals surface area contributed by atoms with E-state index in [0.29, 0.717) is 0 Å². The molecule has 0 atom stereocenters. The van der Waals surface area contributed by atoms with Crippen molar-refractivity contribution in [2.45, 2.75) is 20.8 Å². The number of carbonyl (C=O) groups is 1. The van der Waals surface area contributed by atoms with Crippen LogP contribution in [0.5, 0.6) is 0 Å². The molecule has 0 aliphatic carbocycles. The lowest BCUT2D eigenvalue weighted by Gasteiger charge is -1.85. The van der Waals surface area contributed by atoms with Gasteiger partial charge in [-0.3, -0.25) is 4.79 Å². The van der Waals surface area contributed by atoms with Gasteiger partial charge in [-0.1, -0.05) is 44.2 Å². The third kappa shape index (κ3) is 5.99. The Morgan fingerprint density at radius 2 is 1.79 bits per heavy atom. The van der Waals surface area contributed by atoms with Crippen LogP contribution in [0.15, 0.2) is 42.1 Å². The largest absolute Gasteiger partial charge is 0.294 e. The van der Waals surface area contributed by atoms with Crippen molar-refractivity contribution in [3.63, 3.8) is 0 Å². The van der Waals surface area contributed by atoms with E-state index in [1.54, 1.807) is 6.08 Å². The summed E-state index contributed by atoms with van der Waals surface area (Å²) in [4.78, 5) is 10.5. The second-order valence-electron chi connectivity index (χ2n) is 2.48. The lowest BCUT2D eigenvalue weighted by molar-refractivity contribution is -0.112. The molecular weight excluding hydrogens is 172 g/mol. The normalized spacial score (nSPS) is 7.64. The predicted octanol–water partition coefficient (Wildman–Crippen LogP) is 3.47. The molecule has 0 aromatic heterocycles. The number of ketones is 1. The Morgan fingerprint density at radius 3 is 2.29 bits per heavy atom. The molecule has 74 valence electrons. The summed E-state index contributed by atoms with van der Waals surface area (Å²) >= 11 is 0. The molecule has 0 saturated carbocycles. The van der Waals surface area contributed by atoms with Gasteiger partial charge < -0.3 is 0 Å². The first-order chi connectivity index (χ1) is 6.79. The van der Waals surface area contributed by atoms with Gasteiger partial charge in [0.25, 0.3) is 0 Å². The molecule has 0 unspecified atom stereocenters. The van der Waals surface area contributed by atoms with E-state index in [4.69, 9.17) is 0 Å². The van der Waals surface area contributed by atoms with E-state index in [1.807, 2.05) is 44.2 Å². The average molecular weight is 188 g/mol. The number of rotatable bonds is 2. The molecule has 0 N–H and O–H groups in total. The van der Waals surface area contributed by atoms with Gasteiger partial charge in [0.2, 0.25) is 0 Å². The highest BCUT2D eigenvalue weighted by Crippen LogP contribution is 1.98. The summed E-state index contributed by atoms with van der Waals surface area (Å²) < 4.78 is 0. The number of carbonyl (C=O) groups excluding carboxylic acids is 1. The number of hydrogen-bond donors (Lipinski definition) is 0. The number of hydrogen-bond acceptors (Lipinski definition) is 1. The van der Waals surface area contributed by atoms with E-state index in [-0.39, 0.29) is 5.78 Å². The first kappa shape index (κ1) is 12.4. The maximum absolute atomic E-state index is 10.5. The fourth-order valence-electron chi connectivity index (χ4n) is 0.805. The smallest absolute Gasteiger partial charge is 0.160 e. The van der Waals surface area contributed by atoms with Crippen molar-refractivity contribution in [2.24, 2.45) is 0 Å². The van der Waals surface area contributed by atoms with E-state index in [2.05, 4.69) is 5.73 Å². The van der Waals surface area contributed by atoms with Crippen LogP contribution in [0, 0.1) is 0 Å². The first-order valence-corrected chi connectivity index (χ1v) is 4.77. The quantitative estimate of drug-likeness (QED) is 0.513.